The van der Waals surface area contributed by atoms with E-state index in [1.807, 2.05) is 0 Å². The lowest BCUT2D eigenvalue weighted by Gasteiger charge is -2.14. The summed E-state index contributed by atoms with van der Waals surface area (Å²) in [5.41, 5.74) is 0.295. The van der Waals surface area contributed by atoms with E-state index in [1.165, 1.54) is 19.2 Å². The van der Waals surface area contributed by atoms with E-state index in [0.29, 0.717) is 10.2 Å². The molecule has 2 amide bonds. The van der Waals surface area contributed by atoms with Gasteiger partial charge in [-0.25, -0.2) is 17.9 Å². The van der Waals surface area contributed by atoms with Crippen LogP contribution in [-0.2, 0) is 19.6 Å². The van der Waals surface area contributed by atoms with Gasteiger partial charge < -0.3 is 20.5 Å². The number of aromatic hydroxyl groups is 1. The minimum absolute atomic E-state index is 0.174. The molecule has 0 aliphatic rings. The third kappa shape index (κ3) is 6.07. The van der Waals surface area contributed by atoms with Crippen LogP contribution in [0.15, 0.2) is 45.8 Å². The molecule has 2 aromatic carbocycles. The zero-order valence-electron chi connectivity index (χ0n) is 15.0. The Morgan fingerprint density at radius 1 is 1.14 bits per heavy atom. The molecule has 0 atom stereocenters. The molecule has 0 radical (unpaired) electrons. The lowest BCUT2D eigenvalue weighted by atomic mass is 10.3. The number of para-hydroxylation sites is 1. The molecule has 9 nitrogen and oxygen atoms in total. The Balaban J connectivity index is 2.20. The first-order chi connectivity index (χ1) is 13.7. The maximum absolute atomic E-state index is 12.5. The lowest BCUT2D eigenvalue weighted by Crippen LogP contribution is -2.27. The zero-order valence-corrected chi connectivity index (χ0v) is 18.2. The number of phenols is 1. The predicted molar refractivity (Wildman–Crippen MR) is 112 cm³/mol. The van der Waals surface area contributed by atoms with Crippen LogP contribution in [0.1, 0.15) is 6.42 Å². The maximum atomic E-state index is 12.5. The highest BCUT2D eigenvalue weighted by Gasteiger charge is 2.25. The van der Waals surface area contributed by atoms with E-state index in [0.717, 1.165) is 0 Å². The highest BCUT2D eigenvalue weighted by atomic mass is 79.9. The molecule has 0 aliphatic carbocycles. The SMILES string of the molecule is COC(=O)CCNS(=O)(=O)c1c(Cl)ccc(NC(=O)Nc2ccccc2Br)c1O. The van der Waals surface area contributed by atoms with Crippen molar-refractivity contribution in [2.24, 2.45) is 0 Å². The summed E-state index contributed by atoms with van der Waals surface area (Å²) >= 11 is 9.22. The smallest absolute Gasteiger partial charge is 0.323 e. The van der Waals surface area contributed by atoms with E-state index in [1.54, 1.807) is 24.3 Å². The van der Waals surface area contributed by atoms with Gasteiger partial charge in [0.1, 0.15) is 4.90 Å². The number of nitrogens with one attached hydrogen (secondary N) is 3. The lowest BCUT2D eigenvalue weighted by molar-refractivity contribution is -0.140. The Morgan fingerprint density at radius 2 is 1.79 bits per heavy atom. The third-order valence-electron chi connectivity index (χ3n) is 3.57. The van der Waals surface area contributed by atoms with Crippen LogP contribution in [0.5, 0.6) is 5.75 Å². The minimum atomic E-state index is -4.27. The number of carbonyl (C=O) groups excluding carboxylic acids is 2. The molecule has 0 heterocycles. The summed E-state index contributed by atoms with van der Waals surface area (Å²) in [5, 5.41) is 15.0. The third-order valence-corrected chi connectivity index (χ3v) is 6.22. The van der Waals surface area contributed by atoms with Gasteiger partial charge in [-0.05, 0) is 40.2 Å². The summed E-state index contributed by atoms with van der Waals surface area (Å²) in [7, 11) is -3.09. The summed E-state index contributed by atoms with van der Waals surface area (Å²) < 4.78 is 32.2. The van der Waals surface area contributed by atoms with Crippen LogP contribution in [0.4, 0.5) is 16.2 Å². The van der Waals surface area contributed by atoms with Crippen molar-refractivity contribution >= 4 is 60.9 Å². The molecule has 0 aliphatic heterocycles. The van der Waals surface area contributed by atoms with Crippen LogP contribution in [0.25, 0.3) is 0 Å². The van der Waals surface area contributed by atoms with Gasteiger partial charge in [0, 0.05) is 11.0 Å². The van der Waals surface area contributed by atoms with Gasteiger partial charge in [0.2, 0.25) is 10.0 Å². The maximum Gasteiger partial charge on any atom is 0.323 e. The summed E-state index contributed by atoms with van der Waals surface area (Å²) in [6.07, 6.45) is -0.208. The second-order valence-electron chi connectivity index (χ2n) is 5.56. The van der Waals surface area contributed by atoms with Gasteiger partial charge in [0.05, 0.1) is 29.9 Å². The molecule has 2 aromatic rings. The number of urea groups is 1. The highest BCUT2D eigenvalue weighted by molar-refractivity contribution is 9.10. The van der Waals surface area contributed by atoms with Crippen LogP contribution >= 0.6 is 27.5 Å². The number of phenolic OH excluding ortho intramolecular Hbond substituents is 1. The van der Waals surface area contributed by atoms with Crippen molar-refractivity contribution in [1.82, 2.24) is 4.72 Å². The second-order valence-corrected chi connectivity index (χ2v) is 8.52. The number of hydrogen-bond donors (Lipinski definition) is 4. The van der Waals surface area contributed by atoms with Gasteiger partial charge in [-0.1, -0.05) is 23.7 Å². The Bertz CT molecular complexity index is 1030. The number of methoxy groups -OCH3 is 1. The fourth-order valence-electron chi connectivity index (χ4n) is 2.20. The van der Waals surface area contributed by atoms with Crippen molar-refractivity contribution in [2.75, 3.05) is 24.3 Å². The molecule has 0 fully saturated rings. The van der Waals surface area contributed by atoms with Gasteiger partial charge in [-0.3, -0.25) is 4.79 Å². The standard InChI is InChI=1S/C17H17BrClN3O6S/c1-28-14(23)8-9-20-29(26,27)16-11(19)6-7-13(15(16)24)22-17(25)21-12-5-3-2-4-10(12)18/h2-7,20,24H,8-9H2,1H3,(H2,21,22,25). The quantitative estimate of drug-likeness (QED) is 0.336. The largest absolute Gasteiger partial charge is 0.504 e. The number of hydrogen-bond acceptors (Lipinski definition) is 6. The van der Waals surface area contributed by atoms with Crippen LogP contribution in [0.2, 0.25) is 5.02 Å². The molecule has 0 spiro atoms. The zero-order chi connectivity index (χ0) is 21.6. The van der Waals surface area contributed by atoms with E-state index >= 15 is 0 Å². The molecule has 156 valence electrons. The molecule has 0 saturated carbocycles. The van der Waals surface area contributed by atoms with Crippen molar-refractivity contribution in [3.05, 3.63) is 45.9 Å². The monoisotopic (exact) mass is 505 g/mol. The van der Waals surface area contributed by atoms with Crippen LogP contribution in [0, 0.1) is 0 Å². The van der Waals surface area contributed by atoms with Crippen LogP contribution < -0.4 is 15.4 Å². The Hall–Kier alpha value is -2.34. The summed E-state index contributed by atoms with van der Waals surface area (Å²) in [6.45, 7) is -0.259. The highest BCUT2D eigenvalue weighted by Crippen LogP contribution is 2.36. The normalized spacial score (nSPS) is 11.0. The molecule has 0 bridgehead atoms. The minimum Gasteiger partial charge on any atom is -0.504 e. The van der Waals surface area contributed by atoms with Crippen molar-refractivity contribution < 1.29 is 27.9 Å². The summed E-state index contributed by atoms with van der Waals surface area (Å²) in [4.78, 5) is 22.7. The van der Waals surface area contributed by atoms with Gasteiger partial charge >= 0.3 is 12.0 Å². The molecule has 29 heavy (non-hydrogen) atoms. The average molecular weight is 507 g/mol. The molecule has 0 unspecified atom stereocenters. The summed E-state index contributed by atoms with van der Waals surface area (Å²) in [5.74, 6) is -1.35. The number of halogens is 2. The van der Waals surface area contributed by atoms with E-state index in [9.17, 15) is 23.1 Å². The number of carbonyl (C=O) groups is 2. The second kappa shape index (κ2) is 9.92. The first-order valence-electron chi connectivity index (χ1n) is 8.06. The number of esters is 1. The number of benzene rings is 2. The predicted octanol–water partition coefficient (Wildman–Crippen LogP) is 3.29. The molecule has 0 saturated heterocycles. The van der Waals surface area contributed by atoms with Gasteiger partial charge in [0.25, 0.3) is 0 Å². The fourth-order valence-corrected chi connectivity index (χ4v) is 4.25. The average Bonchev–Trinajstić information content (AvgIpc) is 2.65. The van der Waals surface area contributed by atoms with Crippen LogP contribution in [0.3, 0.4) is 0 Å². The fraction of sp³-hybridized carbons (Fsp3) is 0.176. The van der Waals surface area contributed by atoms with E-state index in [4.69, 9.17) is 11.6 Å². The van der Waals surface area contributed by atoms with Gasteiger partial charge in [-0.2, -0.15) is 0 Å². The molecule has 12 heteroatoms. The van der Waals surface area contributed by atoms with Crippen LogP contribution in [-0.4, -0.2) is 39.2 Å². The van der Waals surface area contributed by atoms with Crippen molar-refractivity contribution in [3.63, 3.8) is 0 Å². The van der Waals surface area contributed by atoms with E-state index in [-0.39, 0.29) is 23.7 Å². The molecule has 2 rings (SSSR count). The number of amides is 2. The van der Waals surface area contributed by atoms with Crippen molar-refractivity contribution in [3.8, 4) is 5.75 Å². The number of anilines is 2. The Labute approximate surface area is 180 Å². The Morgan fingerprint density at radius 3 is 2.45 bits per heavy atom. The number of sulfonamides is 1. The molecular formula is C17H17BrClN3O6S. The first kappa shape index (κ1) is 22.9. The Kier molecular flexibility index (Phi) is 7.85. The first-order valence-corrected chi connectivity index (χ1v) is 10.7. The topological polar surface area (TPSA) is 134 Å². The van der Waals surface area contributed by atoms with Crippen molar-refractivity contribution in [1.29, 1.82) is 0 Å². The summed E-state index contributed by atoms with van der Waals surface area (Å²) in [6, 6.07) is 8.60. The molecular weight excluding hydrogens is 490 g/mol. The molecule has 0 aromatic heterocycles. The van der Waals surface area contributed by atoms with E-state index in [2.05, 4.69) is 36.0 Å². The molecule has 4 N–H and O–H groups in total. The van der Waals surface area contributed by atoms with Gasteiger partial charge in [0.15, 0.2) is 5.75 Å². The van der Waals surface area contributed by atoms with Gasteiger partial charge in [-0.15, -0.1) is 0 Å². The van der Waals surface area contributed by atoms with E-state index < -0.39 is 32.7 Å². The number of rotatable bonds is 7. The number of ether oxygens (including phenoxy) is 1. The van der Waals surface area contributed by atoms with Crippen molar-refractivity contribution in [2.45, 2.75) is 11.3 Å².